The highest BCUT2D eigenvalue weighted by Gasteiger charge is 1.83. The molecule has 0 aliphatic carbocycles. The van der Waals surface area contributed by atoms with Crippen LogP contribution in [0.2, 0.25) is 0 Å². The highest BCUT2D eigenvalue weighted by molar-refractivity contribution is 9.09. The quantitative estimate of drug-likeness (QED) is 0.414. The summed E-state index contributed by atoms with van der Waals surface area (Å²) in [4.78, 5) is 0. The molecule has 0 aromatic rings. The maximum Gasteiger partial charge on any atom is 0.150 e. The standard InChI is InChI=1S/C4H8Br2O3/c5-1-7-3-9-4-8-2-6/h1-4H2. The van der Waals surface area contributed by atoms with E-state index in [0.717, 1.165) is 0 Å². The van der Waals surface area contributed by atoms with Crippen molar-refractivity contribution in [1.29, 1.82) is 0 Å². The number of halogens is 2. The number of ether oxygens (including phenoxy) is 3. The third kappa shape index (κ3) is 8.84. The van der Waals surface area contributed by atoms with Crippen LogP contribution in [-0.4, -0.2) is 24.6 Å². The van der Waals surface area contributed by atoms with Crippen molar-refractivity contribution in [3.8, 4) is 0 Å². The second-order valence-electron chi connectivity index (χ2n) is 1.07. The molecule has 0 unspecified atom stereocenters. The van der Waals surface area contributed by atoms with E-state index in [2.05, 4.69) is 31.9 Å². The van der Waals surface area contributed by atoms with E-state index in [4.69, 9.17) is 14.2 Å². The van der Waals surface area contributed by atoms with Crippen LogP contribution in [-0.2, 0) is 14.2 Å². The maximum absolute atomic E-state index is 4.81. The highest BCUT2D eigenvalue weighted by atomic mass is 79.9. The molecule has 0 heterocycles. The van der Waals surface area contributed by atoms with Crippen molar-refractivity contribution in [3.05, 3.63) is 0 Å². The van der Waals surface area contributed by atoms with E-state index in [1.165, 1.54) is 0 Å². The summed E-state index contributed by atoms with van der Waals surface area (Å²) in [6.45, 7) is 0.524. The average molecular weight is 264 g/mol. The SMILES string of the molecule is BrCOCOCOCBr. The van der Waals surface area contributed by atoms with E-state index >= 15 is 0 Å². The van der Waals surface area contributed by atoms with Gasteiger partial charge in [-0.25, -0.2) is 0 Å². The molecule has 0 aliphatic rings. The zero-order chi connectivity index (χ0) is 6.95. The summed E-state index contributed by atoms with van der Waals surface area (Å²) in [7, 11) is 0. The van der Waals surface area contributed by atoms with Gasteiger partial charge in [-0.15, -0.1) is 0 Å². The second kappa shape index (κ2) is 8.84. The smallest absolute Gasteiger partial charge is 0.150 e. The fourth-order valence-corrected chi connectivity index (χ4v) is 0.479. The molecule has 9 heavy (non-hydrogen) atoms. The summed E-state index contributed by atoms with van der Waals surface area (Å²) in [6.07, 6.45) is 0. The fourth-order valence-electron chi connectivity index (χ4n) is 0.215. The van der Waals surface area contributed by atoms with Gasteiger partial charge in [-0.05, 0) is 0 Å². The van der Waals surface area contributed by atoms with E-state index in [-0.39, 0.29) is 13.6 Å². The number of alkyl halides is 2. The first-order chi connectivity index (χ1) is 4.41. The Morgan fingerprint density at radius 2 is 1.22 bits per heavy atom. The molecule has 0 bridgehead atoms. The molecule has 0 saturated heterocycles. The molecule has 0 spiro atoms. The number of rotatable bonds is 6. The lowest BCUT2D eigenvalue weighted by atomic mass is 11.3. The Hall–Kier alpha value is 0.840. The van der Waals surface area contributed by atoms with E-state index in [1.54, 1.807) is 0 Å². The van der Waals surface area contributed by atoms with Crippen LogP contribution in [0, 0.1) is 0 Å². The van der Waals surface area contributed by atoms with Crippen molar-refractivity contribution >= 4 is 31.9 Å². The van der Waals surface area contributed by atoms with Crippen molar-refractivity contribution in [2.45, 2.75) is 0 Å². The molecular weight excluding hydrogens is 256 g/mol. The first-order valence-corrected chi connectivity index (χ1v) is 4.51. The van der Waals surface area contributed by atoms with Crippen LogP contribution in [0.15, 0.2) is 0 Å². The van der Waals surface area contributed by atoms with Gasteiger partial charge in [0.1, 0.15) is 11.0 Å². The predicted octanol–water partition coefficient (Wildman–Crippen LogP) is 1.66. The minimum atomic E-state index is 0.262. The van der Waals surface area contributed by atoms with Crippen molar-refractivity contribution in [2.24, 2.45) is 0 Å². The van der Waals surface area contributed by atoms with Crippen LogP contribution in [0.5, 0.6) is 0 Å². The van der Waals surface area contributed by atoms with Crippen molar-refractivity contribution in [1.82, 2.24) is 0 Å². The fraction of sp³-hybridized carbons (Fsp3) is 1.00. The Labute approximate surface area is 70.9 Å². The van der Waals surface area contributed by atoms with Gasteiger partial charge in [-0.2, -0.15) is 0 Å². The zero-order valence-electron chi connectivity index (χ0n) is 4.81. The van der Waals surface area contributed by atoms with Crippen LogP contribution in [0.1, 0.15) is 0 Å². The summed E-state index contributed by atoms with van der Waals surface area (Å²) in [6, 6.07) is 0. The lowest BCUT2D eigenvalue weighted by Crippen LogP contribution is -2.02. The first kappa shape index (κ1) is 9.84. The summed E-state index contributed by atoms with van der Waals surface area (Å²) >= 11 is 6.13. The maximum atomic E-state index is 4.81. The average Bonchev–Trinajstić information content (AvgIpc) is 1.89. The van der Waals surface area contributed by atoms with Gasteiger partial charge < -0.3 is 14.2 Å². The van der Waals surface area contributed by atoms with Crippen LogP contribution in [0.25, 0.3) is 0 Å². The summed E-state index contributed by atoms with van der Waals surface area (Å²) in [5.41, 5.74) is 0.975. The van der Waals surface area contributed by atoms with Gasteiger partial charge in [0.25, 0.3) is 0 Å². The van der Waals surface area contributed by atoms with Crippen LogP contribution in [0.4, 0.5) is 0 Å². The Balaban J connectivity index is 2.60. The van der Waals surface area contributed by atoms with E-state index < -0.39 is 0 Å². The minimum absolute atomic E-state index is 0.262. The number of hydrogen-bond donors (Lipinski definition) is 0. The second-order valence-corrected chi connectivity index (χ2v) is 1.98. The molecule has 0 radical (unpaired) electrons. The molecule has 0 aromatic carbocycles. The van der Waals surface area contributed by atoms with E-state index in [9.17, 15) is 0 Å². The molecular formula is C4H8Br2O3. The molecule has 0 saturated carbocycles. The summed E-state index contributed by atoms with van der Waals surface area (Å²) in [5.74, 6) is 0. The first-order valence-electron chi connectivity index (χ1n) is 2.27. The third-order valence-electron chi connectivity index (χ3n) is 0.488. The van der Waals surface area contributed by atoms with Gasteiger partial charge in [0.2, 0.25) is 0 Å². The topological polar surface area (TPSA) is 27.7 Å². The lowest BCUT2D eigenvalue weighted by molar-refractivity contribution is -0.112. The normalized spacial score (nSPS) is 10.0. The summed E-state index contributed by atoms with van der Waals surface area (Å²) < 4.78 is 14.4. The van der Waals surface area contributed by atoms with Gasteiger partial charge in [0.05, 0.1) is 0 Å². The number of hydrogen-bond acceptors (Lipinski definition) is 3. The van der Waals surface area contributed by atoms with Gasteiger partial charge in [-0.3, -0.25) is 0 Å². The molecule has 0 rings (SSSR count). The van der Waals surface area contributed by atoms with Gasteiger partial charge in [0, 0.05) is 0 Å². The van der Waals surface area contributed by atoms with E-state index in [1.807, 2.05) is 0 Å². The van der Waals surface area contributed by atoms with Crippen molar-refractivity contribution in [2.75, 3.05) is 24.6 Å². The largest absolute Gasteiger partial charge is 0.344 e. The Morgan fingerprint density at radius 3 is 1.56 bits per heavy atom. The lowest BCUT2D eigenvalue weighted by Gasteiger charge is -2.01. The minimum Gasteiger partial charge on any atom is -0.344 e. The Bertz CT molecular complexity index is 47.1. The Kier molecular flexibility index (Phi) is 9.67. The van der Waals surface area contributed by atoms with Gasteiger partial charge in [-0.1, -0.05) is 31.9 Å². The predicted molar refractivity (Wildman–Crippen MR) is 40.6 cm³/mol. The molecule has 0 aliphatic heterocycles. The van der Waals surface area contributed by atoms with E-state index in [0.29, 0.717) is 11.0 Å². The molecule has 56 valence electrons. The van der Waals surface area contributed by atoms with Crippen LogP contribution in [0.3, 0.4) is 0 Å². The molecule has 0 fully saturated rings. The molecule has 5 heteroatoms. The summed E-state index contributed by atoms with van der Waals surface area (Å²) in [5, 5.41) is 0. The zero-order valence-corrected chi connectivity index (χ0v) is 7.98. The highest BCUT2D eigenvalue weighted by Crippen LogP contribution is 1.86. The molecule has 3 nitrogen and oxygen atoms in total. The van der Waals surface area contributed by atoms with Crippen LogP contribution < -0.4 is 0 Å². The molecule has 0 aromatic heterocycles. The Morgan fingerprint density at radius 1 is 0.778 bits per heavy atom. The molecule has 0 amide bonds. The van der Waals surface area contributed by atoms with Gasteiger partial charge in [0.15, 0.2) is 13.6 Å². The third-order valence-corrected chi connectivity index (χ3v) is 1.14. The molecule has 0 atom stereocenters. The van der Waals surface area contributed by atoms with Crippen LogP contribution >= 0.6 is 31.9 Å². The monoisotopic (exact) mass is 262 g/mol. The van der Waals surface area contributed by atoms with Crippen molar-refractivity contribution in [3.63, 3.8) is 0 Å². The van der Waals surface area contributed by atoms with Crippen molar-refractivity contribution < 1.29 is 14.2 Å². The van der Waals surface area contributed by atoms with Gasteiger partial charge >= 0.3 is 0 Å². The molecule has 0 N–H and O–H groups in total.